The molecule has 0 aromatic carbocycles. The summed E-state index contributed by atoms with van der Waals surface area (Å²) in [5, 5.41) is 7.94. The Balaban J connectivity index is 1.92. The second-order valence-electron chi connectivity index (χ2n) is 4.78. The van der Waals surface area contributed by atoms with E-state index in [4.69, 9.17) is 0 Å². The monoisotopic (exact) mass is 243 g/mol. The molecule has 1 saturated carbocycles. The van der Waals surface area contributed by atoms with E-state index >= 15 is 0 Å². The number of pyridine rings is 1. The third-order valence-electron chi connectivity index (χ3n) is 3.15. The van der Waals surface area contributed by atoms with Gasteiger partial charge in [0.25, 0.3) is 0 Å². The van der Waals surface area contributed by atoms with Crippen molar-refractivity contribution in [3.63, 3.8) is 0 Å². The summed E-state index contributed by atoms with van der Waals surface area (Å²) in [6.45, 7) is 4.73. The summed E-state index contributed by atoms with van der Waals surface area (Å²) in [5.41, 5.74) is 2.23. The minimum absolute atomic E-state index is 0.699. The van der Waals surface area contributed by atoms with Gasteiger partial charge in [0.05, 0.1) is 11.9 Å². The fourth-order valence-corrected chi connectivity index (χ4v) is 2.05. The average Bonchev–Trinajstić information content (AvgIpc) is 3.12. The molecule has 0 amide bonds. The van der Waals surface area contributed by atoms with Crippen LogP contribution in [-0.2, 0) is 6.54 Å². The van der Waals surface area contributed by atoms with Gasteiger partial charge in [0, 0.05) is 18.8 Å². The number of hydrogen-bond acceptors (Lipinski definition) is 4. The maximum Gasteiger partial charge on any atom is 0.148 e. The lowest BCUT2D eigenvalue weighted by Gasteiger charge is -2.10. The SMILES string of the molecule is Cc1nc(C)n(-c2cnccc2CNC2CC2)n1. The van der Waals surface area contributed by atoms with Crippen LogP contribution >= 0.6 is 0 Å². The Hall–Kier alpha value is -1.75. The quantitative estimate of drug-likeness (QED) is 0.884. The van der Waals surface area contributed by atoms with Gasteiger partial charge in [-0.2, -0.15) is 5.10 Å². The maximum absolute atomic E-state index is 4.42. The molecule has 0 atom stereocenters. The summed E-state index contributed by atoms with van der Waals surface area (Å²) in [7, 11) is 0. The van der Waals surface area contributed by atoms with Crippen LogP contribution in [0.5, 0.6) is 0 Å². The van der Waals surface area contributed by atoms with Gasteiger partial charge >= 0.3 is 0 Å². The molecule has 1 N–H and O–H groups in total. The topological polar surface area (TPSA) is 55.6 Å². The first kappa shape index (κ1) is 11.3. The van der Waals surface area contributed by atoms with Crippen LogP contribution in [0.2, 0.25) is 0 Å². The van der Waals surface area contributed by atoms with Gasteiger partial charge in [0.2, 0.25) is 0 Å². The first-order valence-corrected chi connectivity index (χ1v) is 6.31. The second kappa shape index (κ2) is 4.49. The molecule has 2 aromatic heterocycles. The van der Waals surface area contributed by atoms with Crippen molar-refractivity contribution in [1.29, 1.82) is 0 Å². The number of aromatic nitrogens is 4. The molecule has 0 radical (unpaired) electrons. The lowest BCUT2D eigenvalue weighted by molar-refractivity contribution is 0.678. The molecular formula is C13H17N5. The van der Waals surface area contributed by atoms with Gasteiger partial charge in [-0.05, 0) is 38.3 Å². The van der Waals surface area contributed by atoms with Crippen LogP contribution in [-0.4, -0.2) is 25.8 Å². The first-order valence-electron chi connectivity index (χ1n) is 6.31. The summed E-state index contributed by atoms with van der Waals surface area (Å²) in [6, 6.07) is 2.74. The fourth-order valence-electron chi connectivity index (χ4n) is 2.05. The van der Waals surface area contributed by atoms with Gasteiger partial charge in [-0.15, -0.1) is 0 Å². The average molecular weight is 243 g/mol. The van der Waals surface area contributed by atoms with Crippen molar-refractivity contribution in [3.8, 4) is 5.69 Å². The first-order chi connectivity index (χ1) is 8.74. The fraction of sp³-hybridized carbons (Fsp3) is 0.462. The van der Waals surface area contributed by atoms with Crippen molar-refractivity contribution in [3.05, 3.63) is 35.7 Å². The van der Waals surface area contributed by atoms with Crippen LogP contribution in [0.15, 0.2) is 18.5 Å². The molecule has 2 heterocycles. The predicted octanol–water partition coefficient (Wildman–Crippen LogP) is 1.53. The summed E-state index contributed by atoms with van der Waals surface area (Å²) in [5.74, 6) is 1.69. The van der Waals surface area contributed by atoms with E-state index in [2.05, 4.69) is 20.4 Å². The summed E-state index contributed by atoms with van der Waals surface area (Å²) in [4.78, 5) is 8.54. The van der Waals surface area contributed by atoms with E-state index in [1.165, 1.54) is 18.4 Å². The molecule has 1 fully saturated rings. The molecule has 0 unspecified atom stereocenters. The highest BCUT2D eigenvalue weighted by Gasteiger charge is 2.20. The van der Waals surface area contributed by atoms with Crippen molar-refractivity contribution < 1.29 is 0 Å². The summed E-state index contributed by atoms with van der Waals surface area (Å²) in [6.07, 6.45) is 6.27. The largest absolute Gasteiger partial charge is 0.310 e. The minimum Gasteiger partial charge on any atom is -0.310 e. The molecule has 5 heteroatoms. The van der Waals surface area contributed by atoms with Crippen molar-refractivity contribution in [2.45, 2.75) is 39.3 Å². The zero-order chi connectivity index (χ0) is 12.5. The highest BCUT2D eigenvalue weighted by atomic mass is 15.3. The van der Waals surface area contributed by atoms with E-state index in [1.54, 1.807) is 0 Å². The van der Waals surface area contributed by atoms with Gasteiger partial charge in [-0.25, -0.2) is 9.67 Å². The molecule has 5 nitrogen and oxygen atoms in total. The molecule has 3 rings (SSSR count). The van der Waals surface area contributed by atoms with Gasteiger partial charge in [-0.3, -0.25) is 4.98 Å². The Morgan fingerprint density at radius 3 is 2.89 bits per heavy atom. The molecule has 2 aromatic rings. The van der Waals surface area contributed by atoms with E-state index in [0.29, 0.717) is 6.04 Å². The van der Waals surface area contributed by atoms with Crippen LogP contribution in [0.4, 0.5) is 0 Å². The molecule has 0 bridgehead atoms. The Morgan fingerprint density at radius 1 is 1.39 bits per heavy atom. The highest BCUT2D eigenvalue weighted by molar-refractivity contribution is 5.38. The van der Waals surface area contributed by atoms with E-state index in [9.17, 15) is 0 Å². The van der Waals surface area contributed by atoms with E-state index < -0.39 is 0 Å². The Morgan fingerprint density at radius 2 is 2.22 bits per heavy atom. The van der Waals surface area contributed by atoms with Crippen molar-refractivity contribution >= 4 is 0 Å². The van der Waals surface area contributed by atoms with Gasteiger partial charge < -0.3 is 5.32 Å². The molecule has 0 saturated heterocycles. The van der Waals surface area contributed by atoms with Crippen LogP contribution < -0.4 is 5.32 Å². The third kappa shape index (κ3) is 2.26. The molecular weight excluding hydrogens is 226 g/mol. The molecule has 0 aliphatic heterocycles. The van der Waals surface area contributed by atoms with E-state index in [1.807, 2.05) is 37.0 Å². The van der Waals surface area contributed by atoms with Crippen LogP contribution in [0.25, 0.3) is 5.69 Å². The lowest BCUT2D eigenvalue weighted by atomic mass is 10.2. The van der Waals surface area contributed by atoms with Crippen molar-refractivity contribution in [2.24, 2.45) is 0 Å². The Bertz CT molecular complexity index is 556. The van der Waals surface area contributed by atoms with Gasteiger partial charge in [-0.1, -0.05) is 0 Å². The van der Waals surface area contributed by atoms with Gasteiger partial charge in [0.1, 0.15) is 11.6 Å². The van der Waals surface area contributed by atoms with Crippen molar-refractivity contribution in [2.75, 3.05) is 0 Å². The van der Waals surface area contributed by atoms with Crippen LogP contribution in [0, 0.1) is 13.8 Å². The molecule has 1 aliphatic rings. The standard InChI is InChI=1S/C13H17N5/c1-9-16-10(2)18(17-9)13-8-14-6-5-11(13)7-15-12-3-4-12/h5-6,8,12,15H,3-4,7H2,1-2H3. The Kier molecular flexibility index (Phi) is 2.83. The number of rotatable bonds is 4. The smallest absolute Gasteiger partial charge is 0.148 e. The summed E-state index contributed by atoms with van der Waals surface area (Å²) < 4.78 is 1.87. The summed E-state index contributed by atoms with van der Waals surface area (Å²) >= 11 is 0. The van der Waals surface area contributed by atoms with E-state index in [-0.39, 0.29) is 0 Å². The molecule has 0 spiro atoms. The van der Waals surface area contributed by atoms with E-state index in [0.717, 1.165) is 23.9 Å². The molecule has 94 valence electrons. The molecule has 1 aliphatic carbocycles. The van der Waals surface area contributed by atoms with Gasteiger partial charge in [0.15, 0.2) is 0 Å². The number of nitrogens with zero attached hydrogens (tertiary/aromatic N) is 4. The number of nitrogens with one attached hydrogen (secondary N) is 1. The Labute approximate surface area is 106 Å². The molecule has 18 heavy (non-hydrogen) atoms. The third-order valence-corrected chi connectivity index (χ3v) is 3.15. The number of hydrogen-bond donors (Lipinski definition) is 1. The normalized spacial score (nSPS) is 15.0. The maximum atomic E-state index is 4.42. The zero-order valence-corrected chi connectivity index (χ0v) is 10.7. The lowest BCUT2D eigenvalue weighted by Crippen LogP contribution is -2.17. The van der Waals surface area contributed by atoms with Crippen molar-refractivity contribution in [1.82, 2.24) is 25.1 Å². The predicted molar refractivity (Wildman–Crippen MR) is 68.5 cm³/mol. The zero-order valence-electron chi connectivity index (χ0n) is 10.7. The van der Waals surface area contributed by atoms with Crippen LogP contribution in [0.1, 0.15) is 30.1 Å². The van der Waals surface area contributed by atoms with Crippen LogP contribution in [0.3, 0.4) is 0 Å². The minimum atomic E-state index is 0.699. The highest BCUT2D eigenvalue weighted by Crippen LogP contribution is 2.20. The number of aryl methyl sites for hydroxylation is 2. The second-order valence-corrected chi connectivity index (χ2v) is 4.78.